The van der Waals surface area contributed by atoms with Gasteiger partial charge in [-0.15, -0.1) is 0 Å². The van der Waals surface area contributed by atoms with E-state index in [1.807, 2.05) is 6.07 Å². The standard InChI is InChI=1S/C15H19NO/c1-11(17)12-5-6-13-14(9-12)15(13)10-16-7-3-2-4-8-16/h5-6,9,15H,2-4,7-8,10H2,1H3/t15-/m0/s1. The second-order valence-corrected chi connectivity index (χ2v) is 5.31. The van der Waals surface area contributed by atoms with Crippen molar-refractivity contribution in [1.82, 2.24) is 4.90 Å². The lowest BCUT2D eigenvalue weighted by Crippen LogP contribution is -2.31. The molecule has 1 atom stereocenters. The van der Waals surface area contributed by atoms with Gasteiger partial charge in [-0.1, -0.05) is 18.6 Å². The van der Waals surface area contributed by atoms with Crippen molar-refractivity contribution in [2.24, 2.45) is 0 Å². The molecule has 0 unspecified atom stereocenters. The third-order valence-electron chi connectivity index (χ3n) is 4.05. The number of benzene rings is 1. The Bertz CT molecular complexity index is 446. The molecule has 0 saturated carbocycles. The van der Waals surface area contributed by atoms with Crippen molar-refractivity contribution in [2.75, 3.05) is 19.6 Å². The summed E-state index contributed by atoms with van der Waals surface area (Å²) in [7, 11) is 0. The van der Waals surface area contributed by atoms with Gasteiger partial charge in [0.05, 0.1) is 0 Å². The van der Waals surface area contributed by atoms with Gasteiger partial charge in [-0.05, 0) is 50.0 Å². The van der Waals surface area contributed by atoms with Crippen LogP contribution in [0, 0.1) is 0 Å². The third-order valence-corrected chi connectivity index (χ3v) is 4.05. The molecule has 1 fully saturated rings. The summed E-state index contributed by atoms with van der Waals surface area (Å²) >= 11 is 0. The molecule has 1 aliphatic heterocycles. The van der Waals surface area contributed by atoms with Gasteiger partial charge in [0.2, 0.25) is 0 Å². The molecule has 2 aliphatic rings. The Morgan fingerprint density at radius 2 is 2.00 bits per heavy atom. The number of likely N-dealkylation sites (tertiary alicyclic amines) is 1. The van der Waals surface area contributed by atoms with Crippen LogP contribution in [0.2, 0.25) is 0 Å². The number of Topliss-reactive ketones (excluding diaryl/α,β-unsaturated/α-hetero) is 1. The summed E-state index contributed by atoms with van der Waals surface area (Å²) in [6.45, 7) is 5.31. The van der Waals surface area contributed by atoms with Gasteiger partial charge in [-0.3, -0.25) is 4.79 Å². The molecule has 1 aromatic rings. The summed E-state index contributed by atoms with van der Waals surface area (Å²) in [6, 6.07) is 6.20. The van der Waals surface area contributed by atoms with Crippen LogP contribution in [0.25, 0.3) is 0 Å². The largest absolute Gasteiger partial charge is 0.302 e. The van der Waals surface area contributed by atoms with Crippen molar-refractivity contribution in [3.8, 4) is 0 Å². The summed E-state index contributed by atoms with van der Waals surface area (Å²) in [5.41, 5.74) is 3.73. The molecule has 0 N–H and O–H groups in total. The zero-order valence-corrected chi connectivity index (χ0v) is 10.4. The quantitative estimate of drug-likeness (QED) is 0.743. The van der Waals surface area contributed by atoms with Crippen LogP contribution < -0.4 is 0 Å². The van der Waals surface area contributed by atoms with Crippen LogP contribution in [0.1, 0.15) is 53.6 Å². The third kappa shape index (κ3) is 2.14. The van der Waals surface area contributed by atoms with Gasteiger partial charge in [0.25, 0.3) is 0 Å². The van der Waals surface area contributed by atoms with Gasteiger partial charge < -0.3 is 4.90 Å². The fourth-order valence-electron chi connectivity index (χ4n) is 2.92. The van der Waals surface area contributed by atoms with E-state index in [9.17, 15) is 4.79 Å². The molecule has 0 radical (unpaired) electrons. The summed E-state index contributed by atoms with van der Waals surface area (Å²) < 4.78 is 0. The topological polar surface area (TPSA) is 20.3 Å². The van der Waals surface area contributed by atoms with Crippen molar-refractivity contribution in [2.45, 2.75) is 32.1 Å². The minimum absolute atomic E-state index is 0.177. The smallest absolute Gasteiger partial charge is 0.159 e. The lowest BCUT2D eigenvalue weighted by Gasteiger charge is -2.26. The first-order valence-corrected chi connectivity index (χ1v) is 6.63. The minimum Gasteiger partial charge on any atom is -0.302 e. The first-order chi connectivity index (χ1) is 8.25. The number of carbonyl (C=O) groups excluding carboxylic acids is 1. The first kappa shape index (κ1) is 11.0. The second kappa shape index (κ2) is 4.26. The maximum Gasteiger partial charge on any atom is 0.159 e. The number of carbonyl (C=O) groups is 1. The fourth-order valence-corrected chi connectivity index (χ4v) is 2.92. The average Bonchev–Trinajstić information content (AvgIpc) is 3.03. The Hall–Kier alpha value is -1.15. The Morgan fingerprint density at radius 3 is 2.71 bits per heavy atom. The number of hydrogen-bond acceptors (Lipinski definition) is 2. The number of nitrogens with zero attached hydrogens (tertiary/aromatic N) is 1. The molecule has 2 heteroatoms. The normalized spacial score (nSPS) is 23.2. The number of piperidine rings is 1. The van der Waals surface area contributed by atoms with Crippen LogP contribution in [-0.2, 0) is 0 Å². The molecular formula is C15H19NO. The fraction of sp³-hybridized carbons (Fsp3) is 0.533. The van der Waals surface area contributed by atoms with E-state index in [1.165, 1.54) is 43.5 Å². The van der Waals surface area contributed by atoms with E-state index in [2.05, 4.69) is 17.0 Å². The lowest BCUT2D eigenvalue weighted by molar-refractivity contribution is 0.101. The SMILES string of the molecule is CC(=O)c1ccc2c(c1)[C@H]2CN1CCCCC1. The predicted octanol–water partition coefficient (Wildman–Crippen LogP) is 2.82. The van der Waals surface area contributed by atoms with Gasteiger partial charge in [0.1, 0.15) is 0 Å². The zero-order valence-electron chi connectivity index (χ0n) is 10.4. The van der Waals surface area contributed by atoms with Crippen molar-refractivity contribution in [3.05, 3.63) is 34.9 Å². The molecule has 0 bridgehead atoms. The van der Waals surface area contributed by atoms with Crippen LogP contribution in [-0.4, -0.2) is 30.3 Å². The van der Waals surface area contributed by atoms with E-state index >= 15 is 0 Å². The maximum atomic E-state index is 11.3. The highest BCUT2D eigenvalue weighted by molar-refractivity contribution is 5.94. The van der Waals surface area contributed by atoms with Gasteiger partial charge in [-0.2, -0.15) is 0 Å². The van der Waals surface area contributed by atoms with Crippen LogP contribution in [0.4, 0.5) is 0 Å². The number of hydrogen-bond donors (Lipinski definition) is 0. The lowest BCUT2D eigenvalue weighted by atomic mass is 10.1. The summed E-state index contributed by atoms with van der Waals surface area (Å²) in [4.78, 5) is 13.9. The molecule has 1 heterocycles. The van der Waals surface area contributed by atoms with Crippen LogP contribution in [0.3, 0.4) is 0 Å². The van der Waals surface area contributed by atoms with Crippen LogP contribution >= 0.6 is 0 Å². The Balaban J connectivity index is 1.65. The minimum atomic E-state index is 0.177. The molecule has 0 spiro atoms. The van der Waals surface area contributed by atoms with Crippen molar-refractivity contribution in [1.29, 1.82) is 0 Å². The van der Waals surface area contributed by atoms with Gasteiger partial charge in [0, 0.05) is 18.0 Å². The highest BCUT2D eigenvalue weighted by atomic mass is 16.1. The average molecular weight is 229 g/mol. The molecule has 90 valence electrons. The van der Waals surface area contributed by atoms with Crippen molar-refractivity contribution >= 4 is 5.78 Å². The molecule has 1 aromatic carbocycles. The van der Waals surface area contributed by atoms with Crippen LogP contribution in [0.15, 0.2) is 18.2 Å². The molecule has 17 heavy (non-hydrogen) atoms. The first-order valence-electron chi connectivity index (χ1n) is 6.63. The van der Waals surface area contributed by atoms with E-state index in [1.54, 1.807) is 6.92 Å². The summed E-state index contributed by atoms with van der Waals surface area (Å²) in [6.07, 6.45) is 4.09. The number of fused-ring (bicyclic) bond motifs is 1. The van der Waals surface area contributed by atoms with E-state index in [0.717, 1.165) is 12.1 Å². The highest BCUT2D eigenvalue weighted by Gasteiger charge is 2.34. The van der Waals surface area contributed by atoms with Crippen molar-refractivity contribution < 1.29 is 4.79 Å². The maximum absolute atomic E-state index is 11.3. The molecule has 1 aliphatic carbocycles. The zero-order chi connectivity index (χ0) is 11.8. The van der Waals surface area contributed by atoms with Crippen LogP contribution in [0.5, 0.6) is 0 Å². The molecular weight excluding hydrogens is 210 g/mol. The number of rotatable bonds is 3. The molecule has 3 rings (SSSR count). The van der Waals surface area contributed by atoms with Gasteiger partial charge in [-0.25, -0.2) is 0 Å². The Morgan fingerprint density at radius 1 is 1.24 bits per heavy atom. The second-order valence-electron chi connectivity index (χ2n) is 5.31. The Labute approximate surface area is 103 Å². The van der Waals surface area contributed by atoms with Gasteiger partial charge in [0.15, 0.2) is 5.78 Å². The van der Waals surface area contributed by atoms with E-state index in [4.69, 9.17) is 0 Å². The molecule has 2 nitrogen and oxygen atoms in total. The summed E-state index contributed by atoms with van der Waals surface area (Å²) in [5, 5.41) is 0. The van der Waals surface area contributed by atoms with E-state index in [0.29, 0.717) is 5.92 Å². The van der Waals surface area contributed by atoms with Gasteiger partial charge >= 0.3 is 0 Å². The van der Waals surface area contributed by atoms with Crippen molar-refractivity contribution in [3.63, 3.8) is 0 Å². The highest BCUT2D eigenvalue weighted by Crippen LogP contribution is 2.44. The summed E-state index contributed by atoms with van der Waals surface area (Å²) in [5.74, 6) is 0.789. The molecule has 0 aromatic heterocycles. The van der Waals surface area contributed by atoms with E-state index < -0.39 is 0 Å². The number of ketones is 1. The van der Waals surface area contributed by atoms with E-state index in [-0.39, 0.29) is 5.78 Å². The monoisotopic (exact) mass is 229 g/mol. The predicted molar refractivity (Wildman–Crippen MR) is 68.6 cm³/mol. The molecule has 0 amide bonds. The Kier molecular flexibility index (Phi) is 2.75. The molecule has 1 saturated heterocycles.